The summed E-state index contributed by atoms with van der Waals surface area (Å²) in [6, 6.07) is 5.93. The number of halogens is 1. The quantitative estimate of drug-likeness (QED) is 0.919. The molecule has 2 nitrogen and oxygen atoms in total. The van der Waals surface area contributed by atoms with Crippen molar-refractivity contribution in [1.29, 1.82) is 0 Å². The second kappa shape index (κ2) is 5.40. The van der Waals surface area contributed by atoms with Gasteiger partial charge in [0.15, 0.2) is 0 Å². The molecule has 1 unspecified atom stereocenters. The largest absolute Gasteiger partial charge is 0.493 e. The highest BCUT2D eigenvalue weighted by molar-refractivity contribution is 7.12. The van der Waals surface area contributed by atoms with E-state index in [9.17, 15) is 5.11 Å². The van der Waals surface area contributed by atoms with Gasteiger partial charge in [0.25, 0.3) is 0 Å². The fraction of sp³-hybridized carbons (Fsp3) is 0.375. The summed E-state index contributed by atoms with van der Waals surface area (Å²) in [7, 11) is 0. The lowest BCUT2D eigenvalue weighted by Gasteiger charge is -2.12. The molecule has 0 spiro atoms. The van der Waals surface area contributed by atoms with Crippen LogP contribution in [0.5, 0.6) is 5.75 Å². The maximum absolute atomic E-state index is 10.4. The highest BCUT2D eigenvalue weighted by Crippen LogP contribution is 2.36. The van der Waals surface area contributed by atoms with Gasteiger partial charge in [0.05, 0.1) is 12.7 Å². The van der Waals surface area contributed by atoms with E-state index in [2.05, 4.69) is 19.9 Å². The monoisotopic (exact) mass is 308 g/mol. The zero-order valence-corrected chi connectivity index (χ0v) is 13.1. The van der Waals surface area contributed by atoms with Crippen molar-refractivity contribution in [2.75, 3.05) is 6.61 Å². The van der Waals surface area contributed by atoms with Gasteiger partial charge in [0, 0.05) is 27.6 Å². The Bertz CT molecular complexity index is 629. The van der Waals surface area contributed by atoms with E-state index in [0.29, 0.717) is 13.0 Å². The Balaban J connectivity index is 1.88. The first-order chi connectivity index (χ1) is 9.54. The van der Waals surface area contributed by atoms with Crippen LogP contribution in [0.4, 0.5) is 0 Å². The SMILES string of the molecule is Cc1cc(C(O)Cc2cc(Cl)cc3c2OCC3)sc1C. The number of rotatable bonds is 3. The molecule has 0 amide bonds. The number of hydrogen-bond acceptors (Lipinski definition) is 3. The third-order valence-electron chi connectivity index (χ3n) is 3.75. The molecule has 1 N–H and O–H groups in total. The van der Waals surface area contributed by atoms with Crippen LogP contribution in [0.1, 0.15) is 32.5 Å². The van der Waals surface area contributed by atoms with Crippen LogP contribution in [0.3, 0.4) is 0 Å². The lowest BCUT2D eigenvalue weighted by Crippen LogP contribution is -2.01. The van der Waals surface area contributed by atoms with Crippen molar-refractivity contribution in [3.05, 3.63) is 49.7 Å². The Morgan fingerprint density at radius 2 is 2.15 bits per heavy atom. The molecule has 0 fully saturated rings. The first-order valence-corrected chi connectivity index (χ1v) is 7.93. The van der Waals surface area contributed by atoms with Crippen molar-refractivity contribution in [1.82, 2.24) is 0 Å². The number of aliphatic hydroxyl groups excluding tert-OH is 1. The Labute approximate surface area is 128 Å². The molecule has 1 aromatic heterocycles. The lowest BCUT2D eigenvalue weighted by molar-refractivity contribution is 0.181. The van der Waals surface area contributed by atoms with Crippen LogP contribution >= 0.6 is 22.9 Å². The predicted molar refractivity (Wildman–Crippen MR) is 83.1 cm³/mol. The minimum atomic E-state index is -0.501. The van der Waals surface area contributed by atoms with Crippen LogP contribution < -0.4 is 4.74 Å². The molecule has 106 valence electrons. The van der Waals surface area contributed by atoms with Gasteiger partial charge in [-0.3, -0.25) is 0 Å². The van der Waals surface area contributed by atoms with Gasteiger partial charge in [0.2, 0.25) is 0 Å². The van der Waals surface area contributed by atoms with Crippen molar-refractivity contribution in [3.63, 3.8) is 0 Å². The molecule has 0 bridgehead atoms. The number of benzene rings is 1. The Morgan fingerprint density at radius 3 is 2.85 bits per heavy atom. The van der Waals surface area contributed by atoms with Gasteiger partial charge in [-0.25, -0.2) is 0 Å². The van der Waals surface area contributed by atoms with Crippen LogP contribution in [0.2, 0.25) is 5.02 Å². The van der Waals surface area contributed by atoms with E-state index in [4.69, 9.17) is 16.3 Å². The Morgan fingerprint density at radius 1 is 1.35 bits per heavy atom. The summed E-state index contributed by atoms with van der Waals surface area (Å²) in [6.45, 7) is 4.86. The molecular weight excluding hydrogens is 292 g/mol. The first-order valence-electron chi connectivity index (χ1n) is 6.73. The standard InChI is InChI=1S/C16H17ClO2S/c1-9-5-15(20-10(9)2)14(18)8-12-7-13(17)6-11-3-4-19-16(11)12/h5-7,14,18H,3-4,8H2,1-2H3. The molecule has 1 aliphatic heterocycles. The molecular formula is C16H17ClO2S. The maximum Gasteiger partial charge on any atom is 0.126 e. The van der Waals surface area contributed by atoms with Gasteiger partial charge >= 0.3 is 0 Å². The summed E-state index contributed by atoms with van der Waals surface area (Å²) in [5, 5.41) is 11.2. The number of aliphatic hydroxyl groups is 1. The van der Waals surface area contributed by atoms with Crippen LogP contribution in [-0.2, 0) is 12.8 Å². The summed E-state index contributed by atoms with van der Waals surface area (Å²) in [6.07, 6.45) is 0.942. The first kappa shape index (κ1) is 13.9. The third kappa shape index (κ3) is 2.58. The van der Waals surface area contributed by atoms with E-state index in [0.717, 1.165) is 33.2 Å². The van der Waals surface area contributed by atoms with Crippen molar-refractivity contribution in [2.45, 2.75) is 32.8 Å². The van der Waals surface area contributed by atoms with E-state index < -0.39 is 6.10 Å². The summed E-state index contributed by atoms with van der Waals surface area (Å²) in [5.41, 5.74) is 3.39. The Hall–Kier alpha value is -1.03. The van der Waals surface area contributed by atoms with Crippen molar-refractivity contribution >= 4 is 22.9 Å². The highest BCUT2D eigenvalue weighted by atomic mass is 35.5. The number of ether oxygens (including phenoxy) is 1. The summed E-state index contributed by atoms with van der Waals surface area (Å²) >= 11 is 7.81. The van der Waals surface area contributed by atoms with Gasteiger partial charge in [-0.1, -0.05) is 11.6 Å². The minimum Gasteiger partial charge on any atom is -0.493 e. The fourth-order valence-corrected chi connectivity index (χ4v) is 3.86. The molecule has 4 heteroatoms. The lowest BCUT2D eigenvalue weighted by atomic mass is 10.0. The van der Waals surface area contributed by atoms with Crippen LogP contribution in [0, 0.1) is 13.8 Å². The number of hydrogen-bond donors (Lipinski definition) is 1. The normalized spacial score (nSPS) is 15.0. The number of fused-ring (bicyclic) bond motifs is 1. The fourth-order valence-electron chi connectivity index (χ4n) is 2.57. The molecule has 1 aliphatic rings. The molecule has 2 aromatic rings. The molecule has 0 radical (unpaired) electrons. The zero-order valence-electron chi connectivity index (χ0n) is 11.6. The topological polar surface area (TPSA) is 29.5 Å². The van der Waals surface area contributed by atoms with E-state index >= 15 is 0 Å². The van der Waals surface area contributed by atoms with Gasteiger partial charge in [0.1, 0.15) is 5.75 Å². The molecule has 1 atom stereocenters. The van der Waals surface area contributed by atoms with Gasteiger partial charge in [-0.15, -0.1) is 11.3 Å². The molecule has 20 heavy (non-hydrogen) atoms. The zero-order chi connectivity index (χ0) is 14.3. The van der Waals surface area contributed by atoms with E-state index in [-0.39, 0.29) is 0 Å². The predicted octanol–water partition coefficient (Wildman–Crippen LogP) is 4.23. The summed E-state index contributed by atoms with van der Waals surface area (Å²) < 4.78 is 5.68. The van der Waals surface area contributed by atoms with Gasteiger partial charge in [-0.05, 0) is 48.7 Å². The Kier molecular flexibility index (Phi) is 3.76. The average molecular weight is 309 g/mol. The van der Waals surface area contributed by atoms with Crippen molar-refractivity contribution in [2.24, 2.45) is 0 Å². The third-order valence-corrected chi connectivity index (χ3v) is 5.22. The average Bonchev–Trinajstić information content (AvgIpc) is 2.97. The van der Waals surface area contributed by atoms with E-state index in [1.54, 1.807) is 11.3 Å². The summed E-state index contributed by atoms with van der Waals surface area (Å²) in [5.74, 6) is 0.915. The second-order valence-corrected chi connectivity index (χ2v) is 6.98. The van der Waals surface area contributed by atoms with Gasteiger partial charge in [-0.2, -0.15) is 0 Å². The number of thiophene rings is 1. The van der Waals surface area contributed by atoms with E-state index in [1.165, 1.54) is 10.4 Å². The van der Waals surface area contributed by atoms with E-state index in [1.807, 2.05) is 12.1 Å². The molecule has 0 saturated carbocycles. The second-order valence-electron chi connectivity index (χ2n) is 5.26. The van der Waals surface area contributed by atoms with Crippen LogP contribution in [0.15, 0.2) is 18.2 Å². The molecule has 2 heterocycles. The maximum atomic E-state index is 10.4. The summed E-state index contributed by atoms with van der Waals surface area (Å²) in [4.78, 5) is 2.26. The minimum absolute atomic E-state index is 0.501. The highest BCUT2D eigenvalue weighted by Gasteiger charge is 2.21. The molecule has 0 aliphatic carbocycles. The molecule has 3 rings (SSSR count). The van der Waals surface area contributed by atoms with Gasteiger partial charge < -0.3 is 9.84 Å². The van der Waals surface area contributed by atoms with Crippen LogP contribution in [0.25, 0.3) is 0 Å². The molecule has 0 saturated heterocycles. The van der Waals surface area contributed by atoms with Crippen molar-refractivity contribution < 1.29 is 9.84 Å². The van der Waals surface area contributed by atoms with Crippen molar-refractivity contribution in [3.8, 4) is 5.75 Å². The van der Waals surface area contributed by atoms with Crippen LogP contribution in [-0.4, -0.2) is 11.7 Å². The number of aryl methyl sites for hydroxylation is 2. The molecule has 1 aromatic carbocycles. The smallest absolute Gasteiger partial charge is 0.126 e.